The number of amides is 2. The minimum absolute atomic E-state index is 0.0390. The number of ether oxygens (including phenoxy) is 1. The molecule has 0 radical (unpaired) electrons. The molecule has 1 saturated heterocycles. The Hall–Kier alpha value is -0.620. The van der Waals surface area contributed by atoms with E-state index in [4.69, 9.17) is 4.74 Å². The summed E-state index contributed by atoms with van der Waals surface area (Å²) in [5.41, 5.74) is 0. The Balaban J connectivity index is 2.14. The number of carbonyl (C=O) groups excluding carboxylic acids is 2. The maximum Gasteiger partial charge on any atom is 0.236 e. The van der Waals surface area contributed by atoms with Gasteiger partial charge in [0, 0.05) is 33.2 Å². The third-order valence-electron chi connectivity index (χ3n) is 2.47. The molecule has 1 N–H and O–H groups in total. The van der Waals surface area contributed by atoms with E-state index >= 15 is 0 Å². The van der Waals surface area contributed by atoms with Crippen LogP contribution in [0, 0.1) is 0 Å². The Labute approximate surface area is 104 Å². The second-order valence-corrected chi connectivity index (χ2v) is 4.78. The zero-order valence-corrected chi connectivity index (χ0v) is 11.0. The molecule has 6 heteroatoms. The van der Waals surface area contributed by atoms with Crippen LogP contribution in [0.5, 0.6) is 0 Å². The Kier molecular flexibility index (Phi) is 5.76. The molecule has 16 heavy (non-hydrogen) atoms. The molecular formula is C10H17BrN2O3. The minimum Gasteiger partial charge on any atom is -0.383 e. The molecule has 1 aliphatic heterocycles. The first kappa shape index (κ1) is 13.4. The van der Waals surface area contributed by atoms with Gasteiger partial charge in [0.15, 0.2) is 0 Å². The fourth-order valence-corrected chi connectivity index (χ4v) is 2.03. The highest BCUT2D eigenvalue weighted by Gasteiger charge is 2.29. The highest BCUT2D eigenvalue weighted by atomic mass is 79.9. The van der Waals surface area contributed by atoms with Crippen LogP contribution in [0.2, 0.25) is 0 Å². The summed E-state index contributed by atoms with van der Waals surface area (Å²) in [4.78, 5) is 24.5. The maximum absolute atomic E-state index is 11.5. The maximum atomic E-state index is 11.5. The first-order valence-electron chi connectivity index (χ1n) is 5.33. The van der Waals surface area contributed by atoms with Crippen molar-refractivity contribution < 1.29 is 14.3 Å². The number of rotatable bonds is 6. The van der Waals surface area contributed by atoms with Crippen LogP contribution >= 0.6 is 15.9 Å². The topological polar surface area (TPSA) is 58.6 Å². The highest BCUT2D eigenvalue weighted by molar-refractivity contribution is 9.10. The SMILES string of the molecule is COCCNC(=O)CCN1CCC(Br)C1=O. The van der Waals surface area contributed by atoms with Crippen LogP contribution in [0.3, 0.4) is 0 Å². The average molecular weight is 293 g/mol. The van der Waals surface area contributed by atoms with Gasteiger partial charge < -0.3 is 15.0 Å². The van der Waals surface area contributed by atoms with Crippen molar-refractivity contribution in [1.29, 1.82) is 0 Å². The zero-order valence-electron chi connectivity index (χ0n) is 9.37. The largest absolute Gasteiger partial charge is 0.383 e. The van der Waals surface area contributed by atoms with Crippen molar-refractivity contribution >= 4 is 27.7 Å². The van der Waals surface area contributed by atoms with E-state index in [2.05, 4.69) is 21.2 Å². The lowest BCUT2D eigenvalue weighted by Crippen LogP contribution is -2.34. The fraction of sp³-hybridized carbons (Fsp3) is 0.800. The van der Waals surface area contributed by atoms with E-state index < -0.39 is 0 Å². The van der Waals surface area contributed by atoms with Crippen molar-refractivity contribution in [3.8, 4) is 0 Å². The minimum atomic E-state index is -0.0657. The van der Waals surface area contributed by atoms with Crippen molar-refractivity contribution in [3.63, 3.8) is 0 Å². The van der Waals surface area contributed by atoms with Gasteiger partial charge in [-0.3, -0.25) is 9.59 Å². The number of halogens is 1. The van der Waals surface area contributed by atoms with E-state index in [1.54, 1.807) is 12.0 Å². The molecule has 0 aromatic rings. The molecule has 0 aromatic carbocycles. The molecule has 1 aliphatic rings. The molecule has 5 nitrogen and oxygen atoms in total. The van der Waals surface area contributed by atoms with Crippen molar-refractivity contribution in [2.24, 2.45) is 0 Å². The van der Waals surface area contributed by atoms with Gasteiger partial charge in [-0.2, -0.15) is 0 Å². The van der Waals surface area contributed by atoms with Crippen molar-refractivity contribution in [2.75, 3.05) is 33.4 Å². The Morgan fingerprint density at radius 1 is 1.69 bits per heavy atom. The standard InChI is InChI=1S/C10H17BrN2O3/c1-16-7-4-12-9(14)3-6-13-5-2-8(11)10(13)15/h8H,2-7H2,1H3,(H,12,14). The first-order chi connectivity index (χ1) is 7.65. The number of likely N-dealkylation sites (tertiary alicyclic amines) is 1. The highest BCUT2D eigenvalue weighted by Crippen LogP contribution is 2.18. The van der Waals surface area contributed by atoms with Crippen LogP contribution in [-0.2, 0) is 14.3 Å². The van der Waals surface area contributed by atoms with Crippen molar-refractivity contribution in [1.82, 2.24) is 10.2 Å². The Morgan fingerprint density at radius 2 is 2.44 bits per heavy atom. The van der Waals surface area contributed by atoms with Crippen molar-refractivity contribution in [3.05, 3.63) is 0 Å². The zero-order chi connectivity index (χ0) is 12.0. The van der Waals surface area contributed by atoms with E-state index in [1.165, 1.54) is 0 Å². The second kappa shape index (κ2) is 6.85. The summed E-state index contributed by atoms with van der Waals surface area (Å²) in [5, 5.41) is 2.72. The number of hydrogen-bond acceptors (Lipinski definition) is 3. The van der Waals surface area contributed by atoms with Crippen LogP contribution in [0.1, 0.15) is 12.8 Å². The molecule has 1 unspecified atom stereocenters. The predicted molar refractivity (Wildman–Crippen MR) is 63.4 cm³/mol. The van der Waals surface area contributed by atoms with Gasteiger partial charge >= 0.3 is 0 Å². The molecule has 0 bridgehead atoms. The van der Waals surface area contributed by atoms with Gasteiger partial charge in [0.05, 0.1) is 11.4 Å². The smallest absolute Gasteiger partial charge is 0.236 e. The Morgan fingerprint density at radius 3 is 3.00 bits per heavy atom. The lowest BCUT2D eigenvalue weighted by Gasteiger charge is -2.15. The lowest BCUT2D eigenvalue weighted by molar-refractivity contribution is -0.128. The van der Waals surface area contributed by atoms with E-state index in [1.807, 2.05) is 0 Å². The molecule has 0 saturated carbocycles. The third-order valence-corrected chi connectivity index (χ3v) is 3.32. The molecule has 1 heterocycles. The molecule has 1 atom stereocenters. The molecule has 0 spiro atoms. The fourth-order valence-electron chi connectivity index (χ4n) is 1.54. The summed E-state index contributed by atoms with van der Waals surface area (Å²) in [7, 11) is 1.59. The van der Waals surface area contributed by atoms with Crippen LogP contribution in [0.25, 0.3) is 0 Å². The van der Waals surface area contributed by atoms with Crippen LogP contribution in [0.15, 0.2) is 0 Å². The lowest BCUT2D eigenvalue weighted by atomic mass is 10.3. The summed E-state index contributed by atoms with van der Waals surface area (Å²) in [6, 6.07) is 0. The summed E-state index contributed by atoms with van der Waals surface area (Å²) in [5.74, 6) is 0.0487. The molecular weight excluding hydrogens is 276 g/mol. The van der Waals surface area contributed by atoms with E-state index in [-0.39, 0.29) is 16.6 Å². The summed E-state index contributed by atoms with van der Waals surface area (Å²) in [6.07, 6.45) is 1.18. The van der Waals surface area contributed by atoms with Gasteiger partial charge in [0.1, 0.15) is 0 Å². The Bertz CT molecular complexity index is 260. The van der Waals surface area contributed by atoms with E-state index in [9.17, 15) is 9.59 Å². The van der Waals surface area contributed by atoms with Crippen molar-refractivity contribution in [2.45, 2.75) is 17.7 Å². The molecule has 1 rings (SSSR count). The molecule has 2 amide bonds. The van der Waals surface area contributed by atoms with Crippen LogP contribution in [-0.4, -0.2) is 54.9 Å². The van der Waals surface area contributed by atoms with Gasteiger partial charge in [-0.05, 0) is 6.42 Å². The van der Waals surface area contributed by atoms with Gasteiger partial charge in [-0.1, -0.05) is 15.9 Å². The number of carbonyl (C=O) groups is 2. The molecule has 0 aromatic heterocycles. The first-order valence-corrected chi connectivity index (χ1v) is 6.25. The van der Waals surface area contributed by atoms with Gasteiger partial charge in [0.2, 0.25) is 11.8 Å². The van der Waals surface area contributed by atoms with Gasteiger partial charge in [0.25, 0.3) is 0 Å². The molecule has 1 fully saturated rings. The summed E-state index contributed by atoms with van der Waals surface area (Å²) in [6.45, 7) is 2.27. The number of methoxy groups -OCH3 is 1. The third kappa shape index (κ3) is 4.09. The van der Waals surface area contributed by atoms with E-state index in [0.717, 1.165) is 13.0 Å². The monoisotopic (exact) mass is 292 g/mol. The quantitative estimate of drug-likeness (QED) is 0.559. The van der Waals surface area contributed by atoms with Crippen LogP contribution < -0.4 is 5.32 Å². The second-order valence-electron chi connectivity index (χ2n) is 3.67. The summed E-state index contributed by atoms with van der Waals surface area (Å²) < 4.78 is 4.82. The van der Waals surface area contributed by atoms with Gasteiger partial charge in [-0.15, -0.1) is 0 Å². The molecule has 92 valence electrons. The number of hydrogen-bond donors (Lipinski definition) is 1. The summed E-state index contributed by atoms with van der Waals surface area (Å²) >= 11 is 3.29. The predicted octanol–water partition coefficient (Wildman–Crippen LogP) is 0.135. The molecule has 0 aliphatic carbocycles. The average Bonchev–Trinajstić information content (AvgIpc) is 2.58. The number of nitrogens with zero attached hydrogens (tertiary/aromatic N) is 1. The number of nitrogens with one attached hydrogen (secondary N) is 1. The van der Waals surface area contributed by atoms with E-state index in [0.29, 0.717) is 26.1 Å². The number of alkyl halides is 1. The van der Waals surface area contributed by atoms with Crippen LogP contribution in [0.4, 0.5) is 0 Å². The van der Waals surface area contributed by atoms with Gasteiger partial charge in [-0.25, -0.2) is 0 Å². The normalized spacial score (nSPS) is 20.2.